The Balaban J connectivity index is 0.730. The first-order valence-corrected chi connectivity index (χ1v) is 24.2. The van der Waals surface area contributed by atoms with Crippen molar-refractivity contribution in [3.8, 4) is 34.9 Å². The lowest BCUT2D eigenvalue weighted by atomic mass is 9.96. The van der Waals surface area contributed by atoms with Gasteiger partial charge in [0.25, 0.3) is 11.5 Å². The first-order chi connectivity index (χ1) is 34.1. The second-order valence-corrected chi connectivity index (χ2v) is 18.0. The first kappa shape index (κ1) is 49.2. The monoisotopic (exact) mass is 969 g/mol. The van der Waals surface area contributed by atoms with Gasteiger partial charge in [0, 0.05) is 78.6 Å². The minimum Gasteiger partial charge on any atom is -0.394 e. The molecule has 22 heteroatoms. The number of aromatic nitrogens is 10. The molecule has 21 nitrogen and oxygen atoms in total. The van der Waals surface area contributed by atoms with E-state index < -0.39 is 29.6 Å². The van der Waals surface area contributed by atoms with Crippen molar-refractivity contribution in [1.29, 1.82) is 0 Å². The number of ether oxygens (including phenoxy) is 1. The van der Waals surface area contributed by atoms with Crippen LogP contribution in [0.2, 0.25) is 0 Å². The van der Waals surface area contributed by atoms with E-state index in [1.807, 2.05) is 36.4 Å². The molecular weight excluding hydrogens is 915 g/mol. The lowest BCUT2D eigenvalue weighted by Gasteiger charge is -2.31. The highest BCUT2D eigenvalue weighted by Crippen LogP contribution is 2.36. The largest absolute Gasteiger partial charge is 0.394 e. The second-order valence-electron chi connectivity index (χ2n) is 16.9. The van der Waals surface area contributed by atoms with Crippen molar-refractivity contribution in [2.24, 2.45) is 11.7 Å². The van der Waals surface area contributed by atoms with Gasteiger partial charge in [0.05, 0.1) is 31.9 Å². The van der Waals surface area contributed by atoms with Crippen LogP contribution in [-0.2, 0) is 20.9 Å². The summed E-state index contributed by atoms with van der Waals surface area (Å²) in [7, 11) is 0. The molecule has 6 heterocycles. The highest BCUT2D eigenvalue weighted by molar-refractivity contribution is 7.99. The number of hydrogen-bond donors (Lipinski definition) is 6. The third-order valence-electron chi connectivity index (χ3n) is 11.9. The zero-order valence-corrected chi connectivity index (χ0v) is 39.7. The minimum atomic E-state index is -0.704. The van der Waals surface area contributed by atoms with E-state index in [1.165, 1.54) is 10.8 Å². The lowest BCUT2D eigenvalue weighted by molar-refractivity contribution is -0.126. The second kappa shape index (κ2) is 23.4. The average Bonchev–Trinajstić information content (AvgIpc) is 4.15. The third-order valence-corrected chi connectivity index (χ3v) is 13.0. The molecule has 0 aliphatic carbocycles. The van der Waals surface area contributed by atoms with Crippen LogP contribution in [0.1, 0.15) is 67.1 Å². The summed E-state index contributed by atoms with van der Waals surface area (Å²) in [5.41, 5.74) is 10.1. The van der Waals surface area contributed by atoms with Gasteiger partial charge < -0.3 is 36.4 Å². The van der Waals surface area contributed by atoms with Gasteiger partial charge in [-0.05, 0) is 69.1 Å². The lowest BCUT2D eigenvalue weighted by Crippen LogP contribution is -2.43. The number of aliphatic hydroxyl groups excluding tert-OH is 1. The number of likely N-dealkylation sites (tertiary alicyclic amines) is 1. The number of benzene rings is 2. The number of anilines is 1. The number of H-pyrrole nitrogens is 1. The number of rotatable bonds is 17. The van der Waals surface area contributed by atoms with Crippen LogP contribution in [0.5, 0.6) is 0 Å². The molecule has 6 aromatic rings. The Morgan fingerprint density at radius 3 is 2.50 bits per heavy atom. The van der Waals surface area contributed by atoms with Gasteiger partial charge >= 0.3 is 5.69 Å². The van der Waals surface area contributed by atoms with Gasteiger partial charge in [-0.1, -0.05) is 71.1 Å². The number of carbonyl (C=O) groups is 2. The molecule has 8 rings (SSSR count). The van der Waals surface area contributed by atoms with Crippen molar-refractivity contribution in [1.82, 2.24) is 65.0 Å². The normalized spacial score (nSPS) is 17.1. The highest BCUT2D eigenvalue weighted by atomic mass is 32.2. The number of nitrogens with two attached hydrogens (primary N) is 1. The molecule has 70 heavy (non-hydrogen) atoms. The molecule has 2 fully saturated rings. The van der Waals surface area contributed by atoms with Crippen LogP contribution in [0.15, 0.2) is 75.7 Å². The van der Waals surface area contributed by atoms with Gasteiger partial charge in [0.2, 0.25) is 5.91 Å². The third kappa shape index (κ3) is 12.3. The molecule has 7 N–H and O–H groups in total. The highest BCUT2D eigenvalue weighted by Gasteiger charge is 2.38. The van der Waals surface area contributed by atoms with Crippen LogP contribution in [0.25, 0.3) is 22.4 Å². The molecule has 0 bridgehead atoms. The molecule has 0 radical (unpaired) electrons. The molecule has 0 saturated carbocycles. The van der Waals surface area contributed by atoms with Crippen LogP contribution in [0.4, 0.5) is 5.82 Å². The predicted octanol–water partition coefficient (Wildman–Crippen LogP) is 1.43. The fourth-order valence-corrected chi connectivity index (χ4v) is 8.84. The molecular formula is C48H55N15O6S. The zero-order valence-electron chi connectivity index (χ0n) is 38.9. The molecule has 0 spiro atoms. The Hall–Kier alpha value is -7.21. The maximum absolute atomic E-state index is 12.9. The molecule has 2 aliphatic heterocycles. The number of aryl methyl sites for hydroxylation is 1. The van der Waals surface area contributed by atoms with E-state index in [2.05, 4.69) is 82.0 Å². The summed E-state index contributed by atoms with van der Waals surface area (Å²) in [6.45, 7) is 7.75. The van der Waals surface area contributed by atoms with Gasteiger partial charge in [-0.2, -0.15) is 0 Å². The summed E-state index contributed by atoms with van der Waals surface area (Å²) < 4.78 is 10.7. The smallest absolute Gasteiger partial charge is 0.330 e. The number of piperidine rings is 1. The van der Waals surface area contributed by atoms with Crippen LogP contribution >= 0.6 is 11.8 Å². The van der Waals surface area contributed by atoms with Gasteiger partial charge in [-0.25, -0.2) is 24.1 Å². The number of nitrogens with one attached hydrogen (secondary N) is 4. The van der Waals surface area contributed by atoms with Crippen molar-refractivity contribution in [2.75, 3.05) is 63.5 Å². The molecule has 4 aromatic heterocycles. The molecule has 3 atom stereocenters. The summed E-state index contributed by atoms with van der Waals surface area (Å²) in [6.07, 6.45) is 4.61. The standard InChI is InChI=1S/C48H55N15O6S/c1-3-25-70-47-53-43(51-20-18-49)42-44(54-47)63(59-57-42)28-34-8-6-32(7-9-34)5-4-19-52-46(67)36-16-22-60(23-17-36)24-21-50-40(65)15-12-33-10-13-35(14-11-33)37-29-62(58-56-37)38-26-41(69-39(38)30-64)61-27-31(2)45(66)55-48(61)68/h6-11,13-14,27,29,36,38-39,41,64H,3,16-26,28,30,49H2,1-2H3,(H,50,65)(H,52,67)(H,51,53,54)(H,55,66,68)/t38?,39-,41-/m1/s1. The van der Waals surface area contributed by atoms with Gasteiger partial charge in [0.1, 0.15) is 18.0 Å². The van der Waals surface area contributed by atoms with E-state index >= 15 is 0 Å². The van der Waals surface area contributed by atoms with Crippen LogP contribution < -0.4 is 32.9 Å². The number of amides is 2. The minimum absolute atomic E-state index is 0.00237. The fourth-order valence-electron chi connectivity index (χ4n) is 8.15. The Bertz CT molecular complexity index is 3030. The van der Waals surface area contributed by atoms with Crippen molar-refractivity contribution in [2.45, 2.75) is 69.6 Å². The summed E-state index contributed by atoms with van der Waals surface area (Å²) in [5, 5.41) is 37.1. The van der Waals surface area contributed by atoms with Gasteiger partial charge in [0.15, 0.2) is 22.1 Å². The maximum atomic E-state index is 12.9. The quantitative estimate of drug-likeness (QED) is 0.0429. The number of aliphatic hydroxyl groups is 1. The van der Waals surface area contributed by atoms with E-state index in [1.54, 1.807) is 46.4 Å². The maximum Gasteiger partial charge on any atom is 0.330 e. The van der Waals surface area contributed by atoms with E-state index in [9.17, 15) is 24.3 Å². The molecule has 1 unspecified atom stereocenters. The molecule has 2 aliphatic rings. The Morgan fingerprint density at radius 1 is 0.971 bits per heavy atom. The van der Waals surface area contributed by atoms with E-state index in [4.69, 9.17) is 15.5 Å². The molecule has 2 saturated heterocycles. The molecule has 2 aromatic carbocycles. The van der Waals surface area contributed by atoms with Crippen LogP contribution in [0, 0.1) is 36.5 Å². The van der Waals surface area contributed by atoms with E-state index in [0.717, 1.165) is 54.8 Å². The SMILES string of the molecule is CCCSc1nc(NCCN)c2nnn(Cc3ccc(C#CCNC(=O)C4CCN(CCNC(=O)C#Cc5ccc(-c6cn(C7C[C@H](n8cc(C)c(=O)[nH]c8=O)O[C@@H]7CO)nn6)cc5)CC4)cc3)c2n1. The zero-order chi connectivity index (χ0) is 49.0. The average molecular weight is 970 g/mol. The van der Waals surface area contributed by atoms with Crippen LogP contribution in [-0.4, -0.2) is 136 Å². The van der Waals surface area contributed by atoms with Crippen molar-refractivity contribution in [3.63, 3.8) is 0 Å². The fraction of sp³-hybridized carbons (Fsp3) is 0.417. The van der Waals surface area contributed by atoms with Crippen molar-refractivity contribution < 1.29 is 19.4 Å². The predicted molar refractivity (Wildman–Crippen MR) is 262 cm³/mol. The topological polar surface area (TPSA) is 271 Å². The number of fused-ring (bicyclic) bond motifs is 1. The van der Waals surface area contributed by atoms with Crippen molar-refractivity contribution >= 4 is 40.6 Å². The summed E-state index contributed by atoms with van der Waals surface area (Å²) in [5.74, 6) is 12.8. The summed E-state index contributed by atoms with van der Waals surface area (Å²) in [6, 6.07) is 14.7. The van der Waals surface area contributed by atoms with E-state index in [-0.39, 0.29) is 30.9 Å². The molecule has 2 amide bonds. The number of aromatic amines is 1. The van der Waals surface area contributed by atoms with Gasteiger partial charge in [-0.15, -0.1) is 10.2 Å². The molecule has 364 valence electrons. The van der Waals surface area contributed by atoms with E-state index in [0.29, 0.717) is 78.1 Å². The number of carbonyl (C=O) groups excluding carboxylic acids is 2. The number of thioether (sulfide) groups is 1. The summed E-state index contributed by atoms with van der Waals surface area (Å²) >= 11 is 1.59. The number of nitrogens with zero attached hydrogens (tertiary/aromatic N) is 10. The summed E-state index contributed by atoms with van der Waals surface area (Å²) in [4.78, 5) is 63.7. The number of hydrogen-bond acceptors (Lipinski definition) is 16. The first-order valence-electron chi connectivity index (χ1n) is 23.2. The Morgan fingerprint density at radius 2 is 1.74 bits per heavy atom. The van der Waals surface area contributed by atoms with Gasteiger partial charge in [-0.3, -0.25) is 23.9 Å². The van der Waals surface area contributed by atoms with Crippen molar-refractivity contribution in [3.05, 3.63) is 104 Å². The Kier molecular flexibility index (Phi) is 16.5. The Labute approximate surface area is 407 Å². The van der Waals surface area contributed by atoms with Crippen LogP contribution in [0.3, 0.4) is 0 Å².